The molecule has 18 heavy (non-hydrogen) atoms. The quantitative estimate of drug-likeness (QED) is 0.492. The second-order valence-corrected chi connectivity index (χ2v) is 5.27. The van der Waals surface area contributed by atoms with Crippen LogP contribution in [0.1, 0.15) is 65.2 Å². The fourth-order valence-electron chi connectivity index (χ4n) is 2.57. The highest BCUT2D eigenvalue weighted by atomic mass is 16.2. The zero-order chi connectivity index (χ0) is 13.5. The molecule has 0 N–H and O–H groups in total. The molecule has 3 nitrogen and oxygen atoms in total. The first-order valence-electron chi connectivity index (χ1n) is 7.20. The van der Waals surface area contributed by atoms with Gasteiger partial charge in [-0.1, -0.05) is 39.5 Å². The number of rotatable bonds is 8. The van der Waals surface area contributed by atoms with E-state index in [4.69, 9.17) is 0 Å². The van der Waals surface area contributed by atoms with E-state index in [2.05, 4.69) is 6.92 Å². The number of hydrogen-bond donors (Lipinski definition) is 0. The molecule has 0 radical (unpaired) electrons. The van der Waals surface area contributed by atoms with Crippen molar-refractivity contribution in [2.24, 2.45) is 11.8 Å². The van der Waals surface area contributed by atoms with Gasteiger partial charge >= 0.3 is 0 Å². The van der Waals surface area contributed by atoms with Crippen LogP contribution in [0.15, 0.2) is 0 Å². The Hall–Kier alpha value is -0.990. The molecule has 0 spiro atoms. The number of Topliss-reactive ketones (excluding diaryl/α,β-unsaturated/α-hetero) is 3. The van der Waals surface area contributed by atoms with Gasteiger partial charge in [-0.3, -0.25) is 14.4 Å². The predicted octanol–water partition coefficient (Wildman–Crippen LogP) is 3.10. The maximum Gasteiger partial charge on any atom is 0.154 e. The van der Waals surface area contributed by atoms with E-state index in [9.17, 15) is 14.4 Å². The number of ketones is 3. The van der Waals surface area contributed by atoms with Gasteiger partial charge in [0.05, 0.1) is 0 Å². The van der Waals surface area contributed by atoms with Gasteiger partial charge in [-0.15, -0.1) is 0 Å². The molecule has 0 bridgehead atoms. The third-order valence-corrected chi connectivity index (χ3v) is 3.71. The molecule has 102 valence electrons. The summed E-state index contributed by atoms with van der Waals surface area (Å²) in [5.74, 6) is -1.48. The van der Waals surface area contributed by atoms with Crippen molar-refractivity contribution in [1.29, 1.82) is 0 Å². The average molecular weight is 252 g/mol. The van der Waals surface area contributed by atoms with Gasteiger partial charge in [0, 0.05) is 18.8 Å². The smallest absolute Gasteiger partial charge is 0.154 e. The molecule has 3 heteroatoms. The van der Waals surface area contributed by atoms with E-state index in [1.54, 1.807) is 0 Å². The van der Waals surface area contributed by atoms with Gasteiger partial charge in [-0.2, -0.15) is 0 Å². The van der Waals surface area contributed by atoms with Crippen molar-refractivity contribution in [3.05, 3.63) is 0 Å². The Morgan fingerprint density at radius 2 is 1.78 bits per heavy atom. The topological polar surface area (TPSA) is 51.2 Å². The van der Waals surface area contributed by atoms with Crippen molar-refractivity contribution < 1.29 is 14.4 Å². The summed E-state index contributed by atoms with van der Waals surface area (Å²) in [4.78, 5) is 35.7. The van der Waals surface area contributed by atoms with Crippen LogP contribution in [0.3, 0.4) is 0 Å². The zero-order valence-electron chi connectivity index (χ0n) is 11.5. The number of carbonyl (C=O) groups excluding carboxylic acids is 3. The summed E-state index contributed by atoms with van der Waals surface area (Å²) in [7, 11) is 0. The highest BCUT2D eigenvalue weighted by Gasteiger charge is 2.44. The van der Waals surface area contributed by atoms with E-state index in [-0.39, 0.29) is 23.3 Å². The largest absolute Gasteiger partial charge is 0.298 e. The summed E-state index contributed by atoms with van der Waals surface area (Å²) in [6.45, 7) is 4.11. The van der Waals surface area contributed by atoms with Crippen LogP contribution in [0.2, 0.25) is 0 Å². The first-order valence-corrected chi connectivity index (χ1v) is 7.20. The Bertz CT molecular complexity index is 320. The van der Waals surface area contributed by atoms with Gasteiger partial charge in [0.1, 0.15) is 5.92 Å². The molecule has 2 atom stereocenters. The van der Waals surface area contributed by atoms with Crippen molar-refractivity contribution in [3.63, 3.8) is 0 Å². The minimum Gasteiger partial charge on any atom is -0.298 e. The first-order chi connectivity index (χ1) is 8.61. The lowest BCUT2D eigenvalue weighted by molar-refractivity contribution is -0.136. The maximum atomic E-state index is 12.1. The van der Waals surface area contributed by atoms with Gasteiger partial charge in [-0.25, -0.2) is 0 Å². The summed E-state index contributed by atoms with van der Waals surface area (Å²) in [5, 5.41) is 0. The molecule has 0 aromatic rings. The number of carbonyl (C=O) groups is 3. The summed E-state index contributed by atoms with van der Waals surface area (Å²) in [5.41, 5.74) is 0. The van der Waals surface area contributed by atoms with E-state index in [1.807, 2.05) is 6.92 Å². The molecule has 0 heterocycles. The highest BCUT2D eigenvalue weighted by molar-refractivity contribution is 6.24. The standard InChI is InChI=1S/C15H24O3/c1-3-5-7-8-11-10-13(17)14(15(11)18)12(16)9-6-4-2/h11,14H,3-10H2,1-2H3. The Kier molecular flexibility index (Phi) is 6.23. The van der Waals surface area contributed by atoms with E-state index in [0.29, 0.717) is 12.8 Å². The molecule has 0 aromatic carbocycles. The third-order valence-electron chi connectivity index (χ3n) is 3.71. The zero-order valence-corrected chi connectivity index (χ0v) is 11.5. The molecule has 1 rings (SSSR count). The van der Waals surface area contributed by atoms with Crippen molar-refractivity contribution in [2.45, 2.75) is 65.2 Å². The fourth-order valence-corrected chi connectivity index (χ4v) is 2.57. The van der Waals surface area contributed by atoms with Crippen LogP contribution in [-0.4, -0.2) is 17.3 Å². The lowest BCUT2D eigenvalue weighted by Gasteiger charge is -2.08. The van der Waals surface area contributed by atoms with Crippen molar-refractivity contribution in [2.75, 3.05) is 0 Å². The van der Waals surface area contributed by atoms with E-state index in [0.717, 1.165) is 38.5 Å². The van der Waals surface area contributed by atoms with E-state index < -0.39 is 5.92 Å². The lowest BCUT2D eigenvalue weighted by Crippen LogP contribution is -2.26. The van der Waals surface area contributed by atoms with Crippen LogP contribution in [-0.2, 0) is 14.4 Å². The second-order valence-electron chi connectivity index (χ2n) is 5.27. The molecular weight excluding hydrogens is 228 g/mol. The molecule has 1 saturated carbocycles. The Balaban J connectivity index is 2.52. The second kappa shape index (κ2) is 7.45. The highest BCUT2D eigenvalue weighted by Crippen LogP contribution is 2.30. The van der Waals surface area contributed by atoms with Gasteiger partial charge in [0.25, 0.3) is 0 Å². The van der Waals surface area contributed by atoms with Crippen molar-refractivity contribution in [3.8, 4) is 0 Å². The van der Waals surface area contributed by atoms with Crippen LogP contribution in [0.4, 0.5) is 0 Å². The molecule has 1 aliphatic carbocycles. The third kappa shape index (κ3) is 3.76. The monoisotopic (exact) mass is 252 g/mol. The average Bonchev–Trinajstić information content (AvgIpc) is 2.62. The summed E-state index contributed by atoms with van der Waals surface area (Å²) in [6, 6.07) is 0. The lowest BCUT2D eigenvalue weighted by atomic mass is 9.93. The summed E-state index contributed by atoms with van der Waals surface area (Å²) in [6.07, 6.45) is 6.31. The Morgan fingerprint density at radius 3 is 2.39 bits per heavy atom. The van der Waals surface area contributed by atoms with Crippen LogP contribution >= 0.6 is 0 Å². The minimum absolute atomic E-state index is 0.0998. The van der Waals surface area contributed by atoms with Crippen LogP contribution < -0.4 is 0 Å². The minimum atomic E-state index is -0.914. The van der Waals surface area contributed by atoms with Gasteiger partial charge in [0.15, 0.2) is 17.3 Å². The fraction of sp³-hybridized carbons (Fsp3) is 0.800. The van der Waals surface area contributed by atoms with Crippen molar-refractivity contribution in [1.82, 2.24) is 0 Å². The van der Waals surface area contributed by atoms with E-state index in [1.165, 1.54) is 0 Å². The molecule has 1 fully saturated rings. The summed E-state index contributed by atoms with van der Waals surface area (Å²) >= 11 is 0. The van der Waals surface area contributed by atoms with Gasteiger partial charge in [-0.05, 0) is 12.8 Å². The molecule has 0 amide bonds. The molecular formula is C15H24O3. The van der Waals surface area contributed by atoms with Gasteiger partial charge in [0.2, 0.25) is 0 Å². The molecule has 1 aliphatic rings. The van der Waals surface area contributed by atoms with Crippen molar-refractivity contribution >= 4 is 17.3 Å². The SMILES string of the molecule is CCCCCC1CC(=O)C(C(=O)CCCC)C1=O. The molecule has 0 aliphatic heterocycles. The Morgan fingerprint density at radius 1 is 1.11 bits per heavy atom. The van der Waals surface area contributed by atoms with Gasteiger partial charge < -0.3 is 0 Å². The van der Waals surface area contributed by atoms with E-state index >= 15 is 0 Å². The molecule has 0 saturated heterocycles. The summed E-state index contributed by atoms with van der Waals surface area (Å²) < 4.78 is 0. The maximum absolute atomic E-state index is 12.1. The molecule has 2 unspecified atom stereocenters. The predicted molar refractivity (Wildman–Crippen MR) is 70.3 cm³/mol. The molecule has 0 aromatic heterocycles. The van der Waals surface area contributed by atoms with Crippen LogP contribution in [0.25, 0.3) is 0 Å². The first kappa shape index (κ1) is 15.1. The van der Waals surface area contributed by atoms with Crippen LogP contribution in [0, 0.1) is 11.8 Å². The number of hydrogen-bond acceptors (Lipinski definition) is 3. The number of unbranched alkanes of at least 4 members (excludes halogenated alkanes) is 3. The van der Waals surface area contributed by atoms with Crippen LogP contribution in [0.5, 0.6) is 0 Å². The normalized spacial score (nSPS) is 23.7. The Labute approximate surface area is 109 Å².